The first-order chi connectivity index (χ1) is 16.0. The smallest absolute Gasteiger partial charge is 0.404 e. The van der Waals surface area contributed by atoms with Crippen molar-refractivity contribution in [3.05, 3.63) is 42.1 Å². The van der Waals surface area contributed by atoms with Crippen molar-refractivity contribution in [1.29, 1.82) is 0 Å². The van der Waals surface area contributed by atoms with Crippen LogP contribution >= 0.6 is 11.8 Å². The molecule has 0 amide bonds. The van der Waals surface area contributed by atoms with Crippen molar-refractivity contribution in [1.82, 2.24) is 9.88 Å². The molecule has 184 valence electrons. The molecular formula is C20H23F3N6O3S2. The molecule has 1 saturated heterocycles. The number of primary sulfonamides is 1. The van der Waals surface area contributed by atoms with Crippen molar-refractivity contribution in [2.75, 3.05) is 49.2 Å². The average Bonchev–Trinajstić information content (AvgIpc) is 3.22. The molecule has 1 aromatic carbocycles. The first-order valence-corrected chi connectivity index (χ1v) is 12.8. The number of aliphatic imine (C=N–C) groups is 1. The zero-order chi connectivity index (χ0) is 24.5. The molecule has 9 nitrogen and oxygen atoms in total. The van der Waals surface area contributed by atoms with E-state index in [0.717, 1.165) is 55.8 Å². The van der Waals surface area contributed by atoms with Gasteiger partial charge in [-0.1, -0.05) is 17.8 Å². The van der Waals surface area contributed by atoms with E-state index in [1.54, 1.807) is 6.20 Å². The molecule has 2 aliphatic rings. The number of alkyl halides is 3. The summed E-state index contributed by atoms with van der Waals surface area (Å²) in [6.45, 7) is 3.73. The molecule has 3 heterocycles. The highest BCUT2D eigenvalue weighted by atomic mass is 32.2. The molecule has 1 atom stereocenters. The van der Waals surface area contributed by atoms with Gasteiger partial charge in [0.2, 0.25) is 10.0 Å². The maximum Gasteiger partial charge on any atom is 0.573 e. The Kier molecular flexibility index (Phi) is 6.94. The molecule has 3 N–H and O–H groups in total. The van der Waals surface area contributed by atoms with E-state index in [-0.39, 0.29) is 16.6 Å². The van der Waals surface area contributed by atoms with E-state index in [2.05, 4.69) is 36.9 Å². The van der Waals surface area contributed by atoms with Crippen LogP contribution in [-0.2, 0) is 10.0 Å². The van der Waals surface area contributed by atoms with Crippen LogP contribution in [0.15, 0.2) is 46.4 Å². The molecule has 0 spiro atoms. The molecule has 2 aromatic rings. The maximum atomic E-state index is 12.8. The third-order valence-corrected chi connectivity index (χ3v) is 7.25. The summed E-state index contributed by atoms with van der Waals surface area (Å²) in [6.07, 6.45) is -3.20. The fourth-order valence-corrected chi connectivity index (χ4v) is 5.05. The highest BCUT2D eigenvalue weighted by Crippen LogP contribution is 2.36. The average molecular weight is 517 g/mol. The van der Waals surface area contributed by atoms with Gasteiger partial charge in [-0.3, -0.25) is 4.99 Å². The van der Waals surface area contributed by atoms with Crippen LogP contribution in [0.25, 0.3) is 0 Å². The van der Waals surface area contributed by atoms with Gasteiger partial charge >= 0.3 is 6.36 Å². The van der Waals surface area contributed by atoms with Crippen LogP contribution < -0.4 is 20.1 Å². The molecule has 14 heteroatoms. The van der Waals surface area contributed by atoms with E-state index in [0.29, 0.717) is 10.9 Å². The SMILES string of the molecule is CN1CCN(c2ccc(C3CSC(Nc4cc(S(N)(=O)=O)ccc4OC(F)(F)F)=N3)cn2)CC1. The number of amidine groups is 1. The van der Waals surface area contributed by atoms with Crippen LogP contribution in [0.5, 0.6) is 5.75 Å². The largest absolute Gasteiger partial charge is 0.573 e. The minimum Gasteiger partial charge on any atom is -0.404 e. The van der Waals surface area contributed by atoms with Gasteiger partial charge in [-0.05, 0) is 36.9 Å². The molecule has 0 bridgehead atoms. The highest BCUT2D eigenvalue weighted by molar-refractivity contribution is 8.14. The fraction of sp³-hybridized carbons (Fsp3) is 0.400. The minimum atomic E-state index is -4.95. The summed E-state index contributed by atoms with van der Waals surface area (Å²) >= 11 is 1.29. The number of ether oxygens (including phenoxy) is 1. The number of pyridine rings is 1. The van der Waals surface area contributed by atoms with Crippen molar-refractivity contribution in [2.24, 2.45) is 10.1 Å². The number of nitrogens with zero attached hydrogens (tertiary/aromatic N) is 4. The summed E-state index contributed by atoms with van der Waals surface area (Å²) < 4.78 is 65.7. The van der Waals surface area contributed by atoms with Crippen molar-refractivity contribution < 1.29 is 26.3 Å². The summed E-state index contributed by atoms with van der Waals surface area (Å²) in [7, 11) is -2.05. The van der Waals surface area contributed by atoms with Gasteiger partial charge in [-0.2, -0.15) is 0 Å². The Morgan fingerprint density at radius 1 is 1.18 bits per heavy atom. The lowest BCUT2D eigenvalue weighted by molar-refractivity contribution is -0.274. The van der Waals surface area contributed by atoms with E-state index < -0.39 is 22.1 Å². The molecule has 1 fully saturated rings. The number of nitrogens with two attached hydrogens (primary N) is 1. The number of aromatic nitrogens is 1. The summed E-state index contributed by atoms with van der Waals surface area (Å²) in [5, 5.41) is 8.19. The number of likely N-dealkylation sites (N-methyl/N-ethyl adjacent to an activating group) is 1. The molecule has 2 aliphatic heterocycles. The van der Waals surface area contributed by atoms with Gasteiger partial charge in [0, 0.05) is 38.1 Å². The standard InChI is InChI=1S/C20H23F3N6O3S2/c1-28-6-8-29(9-7-28)18-5-2-13(11-25-18)16-12-33-19(27-16)26-15-10-14(34(24,30)31)3-4-17(15)32-20(21,22)23/h2-5,10-11,16H,6-9,12H2,1H3,(H,26,27)(H2,24,30,31). The fourth-order valence-electron chi connectivity index (χ4n) is 3.54. The van der Waals surface area contributed by atoms with E-state index in [9.17, 15) is 21.6 Å². The van der Waals surface area contributed by atoms with Gasteiger partial charge in [-0.15, -0.1) is 13.2 Å². The Hall–Kier alpha value is -2.55. The predicted molar refractivity (Wildman–Crippen MR) is 125 cm³/mol. The Balaban J connectivity index is 1.50. The van der Waals surface area contributed by atoms with Gasteiger partial charge in [0.25, 0.3) is 0 Å². The zero-order valence-corrected chi connectivity index (χ0v) is 19.8. The normalized spacial score (nSPS) is 19.7. The van der Waals surface area contributed by atoms with Crippen LogP contribution in [0.1, 0.15) is 11.6 Å². The number of hydrogen-bond donors (Lipinski definition) is 2. The van der Waals surface area contributed by atoms with Crippen molar-refractivity contribution in [3.8, 4) is 5.75 Å². The van der Waals surface area contributed by atoms with Gasteiger partial charge in [0.1, 0.15) is 5.82 Å². The summed E-state index contributed by atoms with van der Waals surface area (Å²) in [4.78, 5) is 13.2. The Morgan fingerprint density at radius 2 is 1.91 bits per heavy atom. The molecule has 1 aromatic heterocycles. The summed E-state index contributed by atoms with van der Waals surface area (Å²) in [5.74, 6) is 0.839. The molecule has 34 heavy (non-hydrogen) atoms. The van der Waals surface area contributed by atoms with Gasteiger partial charge in [0.15, 0.2) is 10.9 Å². The van der Waals surface area contributed by atoms with Crippen molar-refractivity contribution in [2.45, 2.75) is 17.3 Å². The number of thioether (sulfide) groups is 1. The zero-order valence-electron chi connectivity index (χ0n) is 18.1. The van der Waals surface area contributed by atoms with Crippen LogP contribution in [0, 0.1) is 0 Å². The topological polar surface area (TPSA) is 113 Å². The molecule has 1 unspecified atom stereocenters. The van der Waals surface area contributed by atoms with E-state index in [1.807, 2.05) is 12.1 Å². The minimum absolute atomic E-state index is 0.209. The van der Waals surface area contributed by atoms with Crippen molar-refractivity contribution in [3.63, 3.8) is 0 Å². The number of sulfonamides is 1. The van der Waals surface area contributed by atoms with E-state index >= 15 is 0 Å². The van der Waals surface area contributed by atoms with Crippen molar-refractivity contribution >= 4 is 38.5 Å². The Labute approximate surface area is 199 Å². The number of rotatable bonds is 5. The molecule has 4 rings (SSSR count). The van der Waals surface area contributed by atoms with Crippen LogP contribution in [-0.4, -0.2) is 68.8 Å². The van der Waals surface area contributed by atoms with Gasteiger partial charge < -0.3 is 19.9 Å². The monoisotopic (exact) mass is 516 g/mol. The highest BCUT2D eigenvalue weighted by Gasteiger charge is 2.33. The third kappa shape index (κ3) is 6.11. The van der Waals surface area contributed by atoms with Crippen LogP contribution in [0.4, 0.5) is 24.7 Å². The van der Waals surface area contributed by atoms with E-state index in [1.165, 1.54) is 11.8 Å². The molecule has 0 aliphatic carbocycles. The first-order valence-electron chi connectivity index (χ1n) is 10.3. The number of halogens is 3. The third-order valence-electron chi connectivity index (χ3n) is 5.38. The second-order valence-corrected chi connectivity index (χ2v) is 10.4. The second-order valence-electron chi connectivity index (χ2n) is 7.88. The first kappa shape index (κ1) is 24.6. The van der Waals surface area contributed by atoms with Crippen LogP contribution in [0.3, 0.4) is 0 Å². The summed E-state index contributed by atoms with van der Waals surface area (Å²) in [6, 6.07) is 6.46. The molecular weight excluding hydrogens is 493 g/mol. The molecule has 0 radical (unpaired) electrons. The lowest BCUT2D eigenvalue weighted by atomic mass is 10.1. The Bertz CT molecular complexity index is 1170. The van der Waals surface area contributed by atoms with Crippen LogP contribution in [0.2, 0.25) is 0 Å². The number of nitrogens with one attached hydrogen (secondary N) is 1. The number of piperazine rings is 1. The Morgan fingerprint density at radius 3 is 2.53 bits per heavy atom. The summed E-state index contributed by atoms with van der Waals surface area (Å²) in [5.41, 5.74) is 0.659. The predicted octanol–water partition coefficient (Wildman–Crippen LogP) is 2.64. The molecule has 0 saturated carbocycles. The maximum absolute atomic E-state index is 12.8. The van der Waals surface area contributed by atoms with Gasteiger partial charge in [-0.25, -0.2) is 18.5 Å². The van der Waals surface area contributed by atoms with Gasteiger partial charge in [0.05, 0.1) is 16.6 Å². The number of anilines is 2. The lowest BCUT2D eigenvalue weighted by Crippen LogP contribution is -2.44. The second kappa shape index (κ2) is 9.60. The number of benzene rings is 1. The number of hydrogen-bond acceptors (Lipinski definition) is 9. The lowest BCUT2D eigenvalue weighted by Gasteiger charge is -2.33. The van der Waals surface area contributed by atoms with E-state index in [4.69, 9.17) is 5.14 Å². The quantitative estimate of drug-likeness (QED) is 0.624.